The lowest BCUT2D eigenvalue weighted by molar-refractivity contribution is 0.515. The average Bonchev–Trinajstić information content (AvgIpc) is 2.14. The van der Waals surface area contributed by atoms with Gasteiger partial charge in [-0.15, -0.1) is 0 Å². The number of allylic oxidation sites excluding steroid dienone is 2. The molecule has 2 aliphatic rings. The topological polar surface area (TPSA) is 28.0 Å². The summed E-state index contributed by atoms with van der Waals surface area (Å²) in [6.07, 6.45) is 8.06. The minimum absolute atomic E-state index is 0.136. The van der Waals surface area contributed by atoms with Gasteiger partial charge in [0.2, 0.25) is 5.96 Å². The van der Waals surface area contributed by atoms with Crippen LogP contribution in [0.25, 0.3) is 0 Å². The Kier molecular flexibility index (Phi) is 2.25. The van der Waals surface area contributed by atoms with Crippen LogP contribution >= 0.6 is 0 Å². The highest BCUT2D eigenvalue weighted by Crippen LogP contribution is 2.26. The third-order valence-electron chi connectivity index (χ3n) is 2.54. The molecule has 0 saturated carbocycles. The Balaban J connectivity index is 2.36. The van der Waals surface area contributed by atoms with E-state index in [1.165, 1.54) is 5.70 Å². The van der Waals surface area contributed by atoms with E-state index in [2.05, 4.69) is 54.9 Å². The SMILES string of the molecule is CC(C)C1=CC=NC2=NC(C)(C)C=CN12. The van der Waals surface area contributed by atoms with Gasteiger partial charge < -0.3 is 0 Å². The van der Waals surface area contributed by atoms with Gasteiger partial charge in [0.05, 0.1) is 5.54 Å². The second-order valence-corrected chi connectivity index (χ2v) is 4.78. The second kappa shape index (κ2) is 3.33. The molecule has 0 amide bonds. The fourth-order valence-electron chi connectivity index (χ4n) is 1.70. The van der Waals surface area contributed by atoms with Crippen molar-refractivity contribution in [3.05, 3.63) is 24.0 Å². The van der Waals surface area contributed by atoms with Crippen LogP contribution in [0.1, 0.15) is 27.7 Å². The highest BCUT2D eigenvalue weighted by Gasteiger charge is 2.26. The largest absolute Gasteiger partial charge is 0.290 e. The van der Waals surface area contributed by atoms with E-state index in [0.717, 1.165) is 5.96 Å². The van der Waals surface area contributed by atoms with E-state index in [1.807, 2.05) is 12.3 Å². The first-order chi connectivity index (χ1) is 6.99. The van der Waals surface area contributed by atoms with Crippen LogP contribution in [0.2, 0.25) is 0 Å². The van der Waals surface area contributed by atoms with Crippen LogP contribution in [0.5, 0.6) is 0 Å². The third-order valence-corrected chi connectivity index (χ3v) is 2.54. The first-order valence-corrected chi connectivity index (χ1v) is 5.32. The Hall–Kier alpha value is -1.38. The van der Waals surface area contributed by atoms with Gasteiger partial charge in [-0.2, -0.15) is 0 Å². The summed E-state index contributed by atoms with van der Waals surface area (Å²) in [7, 11) is 0. The molecule has 0 bridgehead atoms. The monoisotopic (exact) mass is 203 g/mol. The van der Waals surface area contributed by atoms with Crippen molar-refractivity contribution in [2.45, 2.75) is 33.2 Å². The fraction of sp³-hybridized carbons (Fsp3) is 0.500. The number of aliphatic imine (C=N–C) groups is 2. The van der Waals surface area contributed by atoms with Gasteiger partial charge >= 0.3 is 0 Å². The highest BCUT2D eigenvalue weighted by atomic mass is 15.3. The average molecular weight is 203 g/mol. The standard InChI is InChI=1S/C12H17N3/c1-9(2)10-5-7-13-11-14-12(3,4)6-8-15(10)11/h5-9H,1-4H3. The number of hydrogen-bond donors (Lipinski definition) is 0. The number of fused-ring (bicyclic) bond motifs is 1. The maximum atomic E-state index is 4.59. The van der Waals surface area contributed by atoms with Crippen LogP contribution in [0.15, 0.2) is 34.0 Å². The summed E-state index contributed by atoms with van der Waals surface area (Å²) in [6.45, 7) is 8.51. The van der Waals surface area contributed by atoms with Gasteiger partial charge in [0.15, 0.2) is 0 Å². The molecule has 0 aromatic heterocycles. The number of rotatable bonds is 1. The summed E-state index contributed by atoms with van der Waals surface area (Å²) in [5.41, 5.74) is 1.11. The Morgan fingerprint density at radius 1 is 1.33 bits per heavy atom. The van der Waals surface area contributed by atoms with Crippen LogP contribution < -0.4 is 0 Å². The first-order valence-electron chi connectivity index (χ1n) is 5.32. The summed E-state index contributed by atoms with van der Waals surface area (Å²) < 4.78 is 0. The quantitative estimate of drug-likeness (QED) is 0.643. The molecular weight excluding hydrogens is 186 g/mol. The molecule has 0 aliphatic carbocycles. The number of guanidine groups is 1. The molecule has 2 rings (SSSR count). The van der Waals surface area contributed by atoms with Crippen LogP contribution in [0, 0.1) is 5.92 Å². The summed E-state index contributed by atoms with van der Waals surface area (Å²) in [5, 5.41) is 0. The molecule has 15 heavy (non-hydrogen) atoms. The van der Waals surface area contributed by atoms with Gasteiger partial charge in [0.1, 0.15) is 0 Å². The molecule has 0 radical (unpaired) electrons. The Bertz CT molecular complexity index is 384. The summed E-state index contributed by atoms with van der Waals surface area (Å²) in [6, 6.07) is 0. The number of nitrogens with zero attached hydrogens (tertiary/aromatic N) is 3. The molecule has 0 saturated heterocycles. The lowest BCUT2D eigenvalue weighted by Gasteiger charge is -2.33. The Morgan fingerprint density at radius 3 is 2.73 bits per heavy atom. The zero-order valence-electron chi connectivity index (χ0n) is 9.73. The van der Waals surface area contributed by atoms with E-state index in [9.17, 15) is 0 Å². The molecule has 0 spiro atoms. The molecule has 0 fully saturated rings. The molecule has 2 heterocycles. The Morgan fingerprint density at radius 2 is 2.07 bits per heavy atom. The maximum Gasteiger partial charge on any atom is 0.229 e. The molecule has 0 aromatic carbocycles. The molecule has 0 N–H and O–H groups in total. The van der Waals surface area contributed by atoms with Crippen molar-refractivity contribution in [3.8, 4) is 0 Å². The normalized spacial score (nSPS) is 22.6. The second-order valence-electron chi connectivity index (χ2n) is 4.78. The minimum atomic E-state index is -0.136. The molecule has 0 atom stereocenters. The van der Waals surface area contributed by atoms with Crippen molar-refractivity contribution in [2.75, 3.05) is 0 Å². The van der Waals surface area contributed by atoms with E-state index in [4.69, 9.17) is 0 Å². The fourth-order valence-corrected chi connectivity index (χ4v) is 1.70. The molecule has 0 aromatic rings. The molecule has 0 unspecified atom stereocenters. The molecule has 80 valence electrons. The third kappa shape index (κ3) is 1.87. The van der Waals surface area contributed by atoms with E-state index >= 15 is 0 Å². The zero-order chi connectivity index (χ0) is 11.1. The van der Waals surface area contributed by atoms with Crippen molar-refractivity contribution < 1.29 is 0 Å². The van der Waals surface area contributed by atoms with E-state index in [0.29, 0.717) is 5.92 Å². The summed E-state index contributed by atoms with van der Waals surface area (Å²) in [4.78, 5) is 11.0. The van der Waals surface area contributed by atoms with Gasteiger partial charge in [-0.05, 0) is 31.9 Å². The zero-order valence-corrected chi connectivity index (χ0v) is 9.73. The van der Waals surface area contributed by atoms with Gasteiger partial charge in [-0.3, -0.25) is 4.90 Å². The van der Waals surface area contributed by atoms with Crippen molar-refractivity contribution in [1.82, 2.24) is 4.90 Å². The van der Waals surface area contributed by atoms with Gasteiger partial charge in [-0.1, -0.05) is 13.8 Å². The van der Waals surface area contributed by atoms with Crippen molar-refractivity contribution >= 4 is 12.2 Å². The van der Waals surface area contributed by atoms with Gasteiger partial charge in [0.25, 0.3) is 0 Å². The van der Waals surface area contributed by atoms with Crippen LogP contribution in [0.3, 0.4) is 0 Å². The van der Waals surface area contributed by atoms with Crippen molar-refractivity contribution in [3.63, 3.8) is 0 Å². The molecule has 3 heteroatoms. The predicted molar refractivity (Wildman–Crippen MR) is 63.9 cm³/mol. The Labute approximate surface area is 90.9 Å². The minimum Gasteiger partial charge on any atom is -0.290 e. The lowest BCUT2D eigenvalue weighted by atomic mass is 10.0. The van der Waals surface area contributed by atoms with E-state index in [-0.39, 0.29) is 5.54 Å². The van der Waals surface area contributed by atoms with Gasteiger partial charge in [0, 0.05) is 18.1 Å². The lowest BCUT2D eigenvalue weighted by Crippen LogP contribution is -2.35. The van der Waals surface area contributed by atoms with E-state index < -0.39 is 0 Å². The van der Waals surface area contributed by atoms with Crippen LogP contribution in [-0.4, -0.2) is 22.6 Å². The number of hydrogen-bond acceptors (Lipinski definition) is 3. The van der Waals surface area contributed by atoms with E-state index in [1.54, 1.807) is 0 Å². The van der Waals surface area contributed by atoms with Gasteiger partial charge in [-0.25, -0.2) is 9.98 Å². The van der Waals surface area contributed by atoms with Crippen LogP contribution in [-0.2, 0) is 0 Å². The maximum absolute atomic E-state index is 4.59. The first kappa shape index (κ1) is 10.1. The van der Waals surface area contributed by atoms with Crippen molar-refractivity contribution in [1.29, 1.82) is 0 Å². The smallest absolute Gasteiger partial charge is 0.229 e. The predicted octanol–water partition coefficient (Wildman–Crippen LogP) is 2.57. The highest BCUT2D eigenvalue weighted by molar-refractivity contribution is 5.96. The van der Waals surface area contributed by atoms with Crippen molar-refractivity contribution in [2.24, 2.45) is 15.9 Å². The summed E-state index contributed by atoms with van der Waals surface area (Å²) >= 11 is 0. The molecule has 2 aliphatic heterocycles. The molecular formula is C12H17N3. The summed E-state index contributed by atoms with van der Waals surface area (Å²) in [5.74, 6) is 1.28. The van der Waals surface area contributed by atoms with Crippen LogP contribution in [0.4, 0.5) is 0 Å². The molecule has 3 nitrogen and oxygen atoms in total.